The molecule has 0 saturated heterocycles. The molecule has 2 rings (SSSR count). The standard InChI is InChI=1S/C12H14N4O/c1-8-10(7-15-16-8)6-14-11-4-2-9(3-5-11)12(13)17/h2-5,7,14H,6H2,1H3,(H2,13,17)(H,15,16). The Kier molecular flexibility index (Phi) is 3.09. The summed E-state index contributed by atoms with van der Waals surface area (Å²) in [6, 6.07) is 7.06. The van der Waals surface area contributed by atoms with E-state index >= 15 is 0 Å². The number of nitrogens with one attached hydrogen (secondary N) is 2. The molecule has 1 aromatic heterocycles. The molecule has 2 aromatic rings. The van der Waals surface area contributed by atoms with Gasteiger partial charge in [-0.15, -0.1) is 0 Å². The number of H-pyrrole nitrogens is 1. The Balaban J connectivity index is 2.00. The normalized spacial score (nSPS) is 10.2. The van der Waals surface area contributed by atoms with Crippen molar-refractivity contribution in [3.63, 3.8) is 0 Å². The van der Waals surface area contributed by atoms with Crippen LogP contribution in [0.15, 0.2) is 30.5 Å². The van der Waals surface area contributed by atoms with Crippen molar-refractivity contribution in [2.24, 2.45) is 5.73 Å². The highest BCUT2D eigenvalue weighted by molar-refractivity contribution is 5.93. The minimum absolute atomic E-state index is 0.415. The first kappa shape index (κ1) is 11.2. The summed E-state index contributed by atoms with van der Waals surface area (Å²) in [4.78, 5) is 10.9. The number of nitrogens with two attached hydrogens (primary N) is 1. The zero-order valence-corrected chi connectivity index (χ0v) is 9.53. The van der Waals surface area contributed by atoms with Crippen LogP contribution in [0.1, 0.15) is 21.6 Å². The van der Waals surface area contributed by atoms with Crippen LogP contribution < -0.4 is 11.1 Å². The third kappa shape index (κ3) is 2.63. The van der Waals surface area contributed by atoms with Crippen LogP contribution in [-0.4, -0.2) is 16.1 Å². The Hall–Kier alpha value is -2.30. The molecule has 5 heteroatoms. The van der Waals surface area contributed by atoms with Crippen LogP contribution in [0.2, 0.25) is 0 Å². The van der Waals surface area contributed by atoms with E-state index in [1.54, 1.807) is 18.3 Å². The monoisotopic (exact) mass is 230 g/mol. The molecule has 0 spiro atoms. The molecule has 0 unspecified atom stereocenters. The highest BCUT2D eigenvalue weighted by atomic mass is 16.1. The van der Waals surface area contributed by atoms with Crippen molar-refractivity contribution >= 4 is 11.6 Å². The molecule has 0 aliphatic rings. The van der Waals surface area contributed by atoms with Crippen molar-refractivity contribution < 1.29 is 4.79 Å². The van der Waals surface area contributed by atoms with Gasteiger partial charge < -0.3 is 11.1 Å². The molecule has 5 nitrogen and oxygen atoms in total. The average Bonchev–Trinajstić information content (AvgIpc) is 2.73. The van der Waals surface area contributed by atoms with E-state index < -0.39 is 5.91 Å². The van der Waals surface area contributed by atoms with E-state index in [2.05, 4.69) is 15.5 Å². The Morgan fingerprint density at radius 1 is 1.41 bits per heavy atom. The van der Waals surface area contributed by atoms with Crippen molar-refractivity contribution in [1.82, 2.24) is 10.2 Å². The molecule has 88 valence electrons. The largest absolute Gasteiger partial charge is 0.381 e. The summed E-state index contributed by atoms with van der Waals surface area (Å²) in [6.45, 7) is 2.67. The molecule has 1 aromatic carbocycles. The SMILES string of the molecule is Cc1[nH]ncc1CNc1ccc(C(N)=O)cc1. The Morgan fingerprint density at radius 2 is 2.12 bits per heavy atom. The van der Waals surface area contributed by atoms with Gasteiger partial charge in [-0.05, 0) is 31.2 Å². The fourth-order valence-electron chi connectivity index (χ4n) is 1.50. The predicted molar refractivity (Wildman–Crippen MR) is 65.6 cm³/mol. The molecule has 17 heavy (non-hydrogen) atoms. The minimum Gasteiger partial charge on any atom is -0.381 e. The van der Waals surface area contributed by atoms with E-state index in [0.29, 0.717) is 12.1 Å². The zero-order chi connectivity index (χ0) is 12.3. The highest BCUT2D eigenvalue weighted by Gasteiger charge is 2.01. The summed E-state index contributed by atoms with van der Waals surface area (Å²) in [5, 5.41) is 10.1. The number of carbonyl (C=O) groups excluding carboxylic acids is 1. The van der Waals surface area contributed by atoms with Gasteiger partial charge in [0.1, 0.15) is 0 Å². The Bertz CT molecular complexity index is 516. The first-order valence-corrected chi connectivity index (χ1v) is 5.29. The van der Waals surface area contributed by atoms with Gasteiger partial charge in [0.15, 0.2) is 0 Å². The van der Waals surface area contributed by atoms with Crippen LogP contribution in [-0.2, 0) is 6.54 Å². The van der Waals surface area contributed by atoms with E-state index in [-0.39, 0.29) is 0 Å². The van der Waals surface area contributed by atoms with Crippen molar-refractivity contribution in [3.05, 3.63) is 47.3 Å². The molecule has 1 heterocycles. The number of amides is 1. The second-order valence-corrected chi connectivity index (χ2v) is 3.82. The lowest BCUT2D eigenvalue weighted by molar-refractivity contribution is 0.100. The second-order valence-electron chi connectivity index (χ2n) is 3.82. The van der Waals surface area contributed by atoms with Crippen molar-refractivity contribution in [3.8, 4) is 0 Å². The summed E-state index contributed by atoms with van der Waals surface area (Å²) < 4.78 is 0. The summed E-state index contributed by atoms with van der Waals surface area (Å²) >= 11 is 0. The van der Waals surface area contributed by atoms with E-state index in [0.717, 1.165) is 16.9 Å². The van der Waals surface area contributed by atoms with E-state index in [1.165, 1.54) is 0 Å². The highest BCUT2D eigenvalue weighted by Crippen LogP contribution is 2.11. The molecule has 1 amide bonds. The number of benzene rings is 1. The molecule has 0 atom stereocenters. The summed E-state index contributed by atoms with van der Waals surface area (Å²) in [5.74, 6) is -0.415. The summed E-state index contributed by atoms with van der Waals surface area (Å²) in [7, 11) is 0. The van der Waals surface area contributed by atoms with Crippen LogP contribution in [0.3, 0.4) is 0 Å². The van der Waals surface area contributed by atoms with Crippen LogP contribution in [0.5, 0.6) is 0 Å². The first-order valence-electron chi connectivity index (χ1n) is 5.29. The van der Waals surface area contributed by atoms with E-state index in [9.17, 15) is 4.79 Å². The smallest absolute Gasteiger partial charge is 0.248 e. The Labute approximate surface area is 99.0 Å². The minimum atomic E-state index is -0.415. The van der Waals surface area contributed by atoms with Gasteiger partial charge in [0, 0.05) is 29.1 Å². The first-order chi connectivity index (χ1) is 8.16. The molecule has 0 bridgehead atoms. The number of anilines is 1. The number of aryl methyl sites for hydroxylation is 1. The van der Waals surface area contributed by atoms with Crippen LogP contribution in [0.25, 0.3) is 0 Å². The maximum atomic E-state index is 10.9. The van der Waals surface area contributed by atoms with Crippen molar-refractivity contribution in [2.45, 2.75) is 13.5 Å². The molecule has 0 aliphatic heterocycles. The average molecular weight is 230 g/mol. The third-order valence-electron chi connectivity index (χ3n) is 2.59. The van der Waals surface area contributed by atoms with E-state index in [4.69, 9.17) is 5.73 Å². The fourth-order valence-corrected chi connectivity index (χ4v) is 1.50. The topological polar surface area (TPSA) is 83.8 Å². The third-order valence-corrected chi connectivity index (χ3v) is 2.59. The number of primary amides is 1. The van der Waals surface area contributed by atoms with Crippen molar-refractivity contribution in [1.29, 1.82) is 0 Å². The van der Waals surface area contributed by atoms with Crippen LogP contribution >= 0.6 is 0 Å². The van der Waals surface area contributed by atoms with Gasteiger partial charge in [-0.1, -0.05) is 0 Å². The molecule has 0 aliphatic carbocycles. The van der Waals surface area contributed by atoms with Gasteiger partial charge in [0.05, 0.1) is 6.20 Å². The van der Waals surface area contributed by atoms with Gasteiger partial charge in [-0.2, -0.15) is 5.10 Å². The summed E-state index contributed by atoms with van der Waals surface area (Å²) in [5.41, 5.74) is 8.78. The van der Waals surface area contributed by atoms with Gasteiger partial charge >= 0.3 is 0 Å². The van der Waals surface area contributed by atoms with Crippen LogP contribution in [0, 0.1) is 6.92 Å². The quantitative estimate of drug-likeness (QED) is 0.742. The maximum absolute atomic E-state index is 10.9. The molecular weight excluding hydrogens is 216 g/mol. The predicted octanol–water partition coefficient (Wildman–Crippen LogP) is 1.43. The van der Waals surface area contributed by atoms with Gasteiger partial charge in [-0.25, -0.2) is 0 Å². The number of hydrogen-bond acceptors (Lipinski definition) is 3. The number of aromatic nitrogens is 2. The van der Waals surface area contributed by atoms with Crippen molar-refractivity contribution in [2.75, 3.05) is 5.32 Å². The molecular formula is C12H14N4O. The molecule has 0 radical (unpaired) electrons. The van der Waals surface area contributed by atoms with Gasteiger partial charge in [0.25, 0.3) is 0 Å². The lowest BCUT2D eigenvalue weighted by Crippen LogP contribution is -2.10. The number of rotatable bonds is 4. The lowest BCUT2D eigenvalue weighted by atomic mass is 10.2. The molecule has 4 N–H and O–H groups in total. The lowest BCUT2D eigenvalue weighted by Gasteiger charge is -2.05. The number of carbonyl (C=O) groups is 1. The molecule has 0 fully saturated rings. The number of nitrogens with zero attached hydrogens (tertiary/aromatic N) is 1. The second kappa shape index (κ2) is 4.69. The van der Waals surface area contributed by atoms with Gasteiger partial charge in [-0.3, -0.25) is 9.89 Å². The van der Waals surface area contributed by atoms with Gasteiger partial charge in [0.2, 0.25) is 5.91 Å². The fraction of sp³-hybridized carbons (Fsp3) is 0.167. The zero-order valence-electron chi connectivity index (χ0n) is 9.53. The molecule has 0 saturated carbocycles. The maximum Gasteiger partial charge on any atom is 0.248 e. The van der Waals surface area contributed by atoms with E-state index in [1.807, 2.05) is 19.1 Å². The summed E-state index contributed by atoms with van der Waals surface area (Å²) in [6.07, 6.45) is 1.79. The van der Waals surface area contributed by atoms with Crippen LogP contribution in [0.4, 0.5) is 5.69 Å². The Morgan fingerprint density at radius 3 is 2.65 bits per heavy atom. The number of hydrogen-bond donors (Lipinski definition) is 3. The number of aromatic amines is 1.